The lowest BCUT2D eigenvalue weighted by Crippen LogP contribution is -2.41. The zero-order chi connectivity index (χ0) is 22.4. The van der Waals surface area contributed by atoms with Gasteiger partial charge in [-0.1, -0.05) is 71.7 Å². The van der Waals surface area contributed by atoms with Gasteiger partial charge in [0, 0.05) is 11.0 Å². The van der Waals surface area contributed by atoms with Crippen molar-refractivity contribution in [3.05, 3.63) is 91.0 Å². The number of aromatic nitrogens is 2. The molecular weight excluding hydrogens is 460 g/mol. The van der Waals surface area contributed by atoms with E-state index in [2.05, 4.69) is 20.9 Å². The van der Waals surface area contributed by atoms with E-state index in [0.29, 0.717) is 6.54 Å². The van der Waals surface area contributed by atoms with Crippen LogP contribution in [-0.4, -0.2) is 15.5 Å². The van der Waals surface area contributed by atoms with Crippen molar-refractivity contribution in [3.63, 3.8) is 0 Å². The van der Waals surface area contributed by atoms with Crippen LogP contribution in [0.5, 0.6) is 0 Å². The number of amides is 1. The van der Waals surface area contributed by atoms with Crippen LogP contribution in [0, 0.1) is 0 Å². The van der Waals surface area contributed by atoms with E-state index >= 15 is 0 Å². The first kappa shape index (κ1) is 22.6. The fraction of sp³-hybridized carbons (Fsp3) is 0.261. The number of anilines is 2. The zero-order valence-electron chi connectivity index (χ0n) is 17.3. The number of aromatic amines is 1. The van der Waals surface area contributed by atoms with Gasteiger partial charge in [-0.15, -0.1) is 0 Å². The van der Waals surface area contributed by atoms with Crippen LogP contribution in [-0.2, 0) is 24.3 Å². The Morgan fingerprint density at radius 1 is 1.06 bits per heavy atom. The molecule has 0 saturated heterocycles. The highest BCUT2D eigenvalue weighted by molar-refractivity contribution is 9.10. The average molecular weight is 485 g/mol. The predicted molar refractivity (Wildman–Crippen MR) is 126 cm³/mol. The summed E-state index contributed by atoms with van der Waals surface area (Å²) in [6.07, 6.45) is 1.67. The predicted octanol–water partition coefficient (Wildman–Crippen LogP) is 3.46. The molecular formula is C23H25BrN4O3. The molecule has 0 fully saturated rings. The fourth-order valence-corrected chi connectivity index (χ4v) is 3.57. The van der Waals surface area contributed by atoms with E-state index in [1.807, 2.05) is 61.5 Å². The first-order chi connectivity index (χ1) is 14.9. The maximum atomic E-state index is 13.3. The molecule has 0 aliphatic carbocycles. The monoisotopic (exact) mass is 484 g/mol. The second kappa shape index (κ2) is 10.3. The van der Waals surface area contributed by atoms with E-state index in [9.17, 15) is 14.4 Å². The van der Waals surface area contributed by atoms with Gasteiger partial charge < -0.3 is 5.73 Å². The number of rotatable bonds is 8. The number of H-pyrrole nitrogens is 1. The molecule has 0 bridgehead atoms. The third-order valence-electron chi connectivity index (χ3n) is 4.97. The maximum Gasteiger partial charge on any atom is 0.330 e. The molecule has 3 rings (SSSR count). The third-order valence-corrected chi connectivity index (χ3v) is 5.50. The molecule has 1 heterocycles. The Labute approximate surface area is 188 Å². The maximum absolute atomic E-state index is 13.3. The van der Waals surface area contributed by atoms with Crippen molar-refractivity contribution in [2.24, 2.45) is 0 Å². The van der Waals surface area contributed by atoms with Crippen LogP contribution in [0.25, 0.3) is 0 Å². The van der Waals surface area contributed by atoms with Crippen molar-refractivity contribution in [2.45, 2.75) is 39.3 Å². The molecule has 0 spiro atoms. The number of nitrogens with two attached hydrogens (primary N) is 1. The minimum absolute atomic E-state index is 0.00154. The van der Waals surface area contributed by atoms with Crippen LogP contribution < -0.4 is 21.9 Å². The Balaban J connectivity index is 2.05. The lowest BCUT2D eigenvalue weighted by Gasteiger charge is -2.25. The van der Waals surface area contributed by atoms with Crippen molar-refractivity contribution in [3.8, 4) is 0 Å². The van der Waals surface area contributed by atoms with Gasteiger partial charge in [0.25, 0.3) is 5.56 Å². The Hall–Kier alpha value is -3.13. The molecule has 3 N–H and O–H groups in total. The van der Waals surface area contributed by atoms with Crippen LogP contribution >= 0.6 is 15.9 Å². The number of benzene rings is 2. The summed E-state index contributed by atoms with van der Waals surface area (Å²) in [6.45, 7) is 2.53. The van der Waals surface area contributed by atoms with Crippen LogP contribution in [0.3, 0.4) is 0 Å². The quantitative estimate of drug-likeness (QED) is 0.510. The summed E-state index contributed by atoms with van der Waals surface area (Å²) in [4.78, 5) is 42.1. The Kier molecular flexibility index (Phi) is 7.46. The molecule has 2 aromatic carbocycles. The number of hydrogen-bond acceptors (Lipinski definition) is 4. The summed E-state index contributed by atoms with van der Waals surface area (Å²) in [5.74, 6) is -0.286. The van der Waals surface area contributed by atoms with Gasteiger partial charge in [0.05, 0.1) is 13.0 Å². The standard InChI is InChI=1S/C23H25BrN4O3/c1-2-3-13-27-21(25)20(22(30)26-23(27)31)28(15-17-7-5-4-6-8-17)19(29)14-16-9-11-18(24)12-10-16/h4-12H,2-3,13-15,25H2,1H3,(H,26,30,31). The zero-order valence-corrected chi connectivity index (χ0v) is 18.9. The number of carbonyl (C=O) groups is 1. The molecule has 0 saturated carbocycles. The van der Waals surface area contributed by atoms with Gasteiger partial charge in [0.15, 0.2) is 5.69 Å². The molecule has 162 valence electrons. The summed E-state index contributed by atoms with van der Waals surface area (Å²) in [6, 6.07) is 16.8. The van der Waals surface area contributed by atoms with E-state index in [1.165, 1.54) is 9.47 Å². The van der Waals surface area contributed by atoms with Crippen molar-refractivity contribution in [1.29, 1.82) is 0 Å². The van der Waals surface area contributed by atoms with E-state index < -0.39 is 11.2 Å². The second-order valence-corrected chi connectivity index (χ2v) is 8.18. The van der Waals surface area contributed by atoms with E-state index in [1.54, 1.807) is 0 Å². The number of nitrogen functional groups attached to an aromatic ring is 1. The molecule has 1 amide bonds. The molecule has 3 aromatic rings. The van der Waals surface area contributed by atoms with Gasteiger partial charge in [-0.05, 0) is 29.7 Å². The number of nitrogens with one attached hydrogen (secondary N) is 1. The summed E-state index contributed by atoms with van der Waals surface area (Å²) < 4.78 is 2.24. The number of hydrogen-bond donors (Lipinski definition) is 2. The minimum atomic E-state index is -0.671. The SMILES string of the molecule is CCCCn1c(N)c(N(Cc2ccccc2)C(=O)Cc2ccc(Br)cc2)c(=O)[nH]c1=O. The van der Waals surface area contributed by atoms with Crippen LogP contribution in [0.15, 0.2) is 68.7 Å². The average Bonchev–Trinajstić information content (AvgIpc) is 2.75. The van der Waals surface area contributed by atoms with Gasteiger partial charge in [0.2, 0.25) is 5.91 Å². The van der Waals surface area contributed by atoms with Crippen molar-refractivity contribution >= 4 is 33.3 Å². The molecule has 31 heavy (non-hydrogen) atoms. The molecule has 0 atom stereocenters. The highest BCUT2D eigenvalue weighted by atomic mass is 79.9. The molecule has 0 aliphatic heterocycles. The van der Waals surface area contributed by atoms with Crippen molar-refractivity contribution in [2.75, 3.05) is 10.6 Å². The largest absolute Gasteiger partial charge is 0.383 e. The van der Waals surface area contributed by atoms with Gasteiger partial charge >= 0.3 is 5.69 Å². The summed E-state index contributed by atoms with van der Waals surface area (Å²) in [5, 5.41) is 0. The van der Waals surface area contributed by atoms with E-state index in [0.717, 1.165) is 28.4 Å². The summed E-state index contributed by atoms with van der Waals surface area (Å²) >= 11 is 3.39. The number of unbranched alkanes of at least 4 members (excludes halogenated alkanes) is 1. The van der Waals surface area contributed by atoms with Crippen LogP contribution in [0.1, 0.15) is 30.9 Å². The number of halogens is 1. The normalized spacial score (nSPS) is 10.8. The Morgan fingerprint density at radius 2 is 1.74 bits per heavy atom. The second-order valence-electron chi connectivity index (χ2n) is 7.27. The molecule has 0 radical (unpaired) electrons. The topological polar surface area (TPSA) is 101 Å². The third kappa shape index (κ3) is 5.52. The number of nitrogens with zero attached hydrogens (tertiary/aromatic N) is 2. The minimum Gasteiger partial charge on any atom is -0.383 e. The fourth-order valence-electron chi connectivity index (χ4n) is 3.31. The molecule has 8 heteroatoms. The summed E-state index contributed by atoms with van der Waals surface area (Å²) in [5.41, 5.74) is 6.69. The smallest absolute Gasteiger partial charge is 0.330 e. The molecule has 0 unspecified atom stereocenters. The highest BCUT2D eigenvalue weighted by Gasteiger charge is 2.24. The van der Waals surface area contributed by atoms with Gasteiger partial charge in [0.1, 0.15) is 5.82 Å². The Morgan fingerprint density at radius 3 is 2.39 bits per heavy atom. The first-order valence-electron chi connectivity index (χ1n) is 10.1. The number of carbonyl (C=O) groups excluding carboxylic acids is 1. The molecule has 7 nitrogen and oxygen atoms in total. The first-order valence-corrected chi connectivity index (χ1v) is 10.9. The van der Waals surface area contributed by atoms with E-state index in [-0.39, 0.29) is 30.4 Å². The highest BCUT2D eigenvalue weighted by Crippen LogP contribution is 2.22. The van der Waals surface area contributed by atoms with Crippen molar-refractivity contribution in [1.82, 2.24) is 9.55 Å². The van der Waals surface area contributed by atoms with Crippen molar-refractivity contribution < 1.29 is 4.79 Å². The van der Waals surface area contributed by atoms with Gasteiger partial charge in [-0.3, -0.25) is 24.0 Å². The summed E-state index contributed by atoms with van der Waals surface area (Å²) in [7, 11) is 0. The molecule has 1 aromatic heterocycles. The lowest BCUT2D eigenvalue weighted by atomic mass is 10.1. The Bertz CT molecular complexity index is 1150. The molecule has 0 aliphatic rings. The van der Waals surface area contributed by atoms with E-state index in [4.69, 9.17) is 5.73 Å². The van der Waals surface area contributed by atoms with Gasteiger partial charge in [-0.25, -0.2) is 4.79 Å². The van der Waals surface area contributed by atoms with Crippen LogP contribution in [0.2, 0.25) is 0 Å². The van der Waals surface area contributed by atoms with Crippen LogP contribution in [0.4, 0.5) is 11.5 Å². The lowest BCUT2D eigenvalue weighted by molar-refractivity contribution is -0.118. The van der Waals surface area contributed by atoms with Gasteiger partial charge in [-0.2, -0.15) is 0 Å².